The van der Waals surface area contributed by atoms with Crippen LogP contribution in [0.25, 0.3) is 0 Å². The van der Waals surface area contributed by atoms with Crippen LogP contribution in [0.2, 0.25) is 0 Å². The van der Waals surface area contributed by atoms with Crippen LogP contribution in [0.3, 0.4) is 0 Å². The van der Waals surface area contributed by atoms with Gasteiger partial charge in [0.25, 0.3) is 0 Å². The van der Waals surface area contributed by atoms with Crippen molar-refractivity contribution in [2.24, 2.45) is 0 Å². The Labute approximate surface area is 110 Å². The lowest BCUT2D eigenvalue weighted by Crippen LogP contribution is -2.25. The molecule has 0 unspecified atom stereocenters. The Morgan fingerprint density at radius 1 is 1.28 bits per heavy atom. The predicted molar refractivity (Wildman–Crippen MR) is 73.7 cm³/mol. The van der Waals surface area contributed by atoms with E-state index in [4.69, 9.17) is 4.74 Å². The molecule has 0 aromatic heterocycles. The molecule has 1 N–H and O–H groups in total. The minimum atomic E-state index is 0.115. The molecule has 0 aliphatic rings. The molecule has 100 valence electrons. The Morgan fingerprint density at radius 3 is 2.72 bits per heavy atom. The normalized spacial score (nSPS) is 10.4. The molecule has 1 aromatic carbocycles. The quantitative estimate of drug-likeness (QED) is 0.754. The number of rotatable bonds is 7. The topological polar surface area (TPSA) is 38.3 Å². The Hall–Kier alpha value is -1.35. The van der Waals surface area contributed by atoms with Gasteiger partial charge in [0.1, 0.15) is 0 Å². The van der Waals surface area contributed by atoms with E-state index in [0.29, 0.717) is 19.6 Å². The number of benzene rings is 1. The van der Waals surface area contributed by atoms with Gasteiger partial charge in [-0.2, -0.15) is 0 Å². The molecule has 0 saturated carbocycles. The fourth-order valence-electron chi connectivity index (χ4n) is 1.75. The smallest absolute Gasteiger partial charge is 0.220 e. The van der Waals surface area contributed by atoms with Crippen molar-refractivity contribution in [1.82, 2.24) is 5.32 Å². The van der Waals surface area contributed by atoms with E-state index in [1.807, 2.05) is 0 Å². The first-order valence-corrected chi connectivity index (χ1v) is 6.45. The van der Waals surface area contributed by atoms with Crippen LogP contribution in [0.1, 0.15) is 29.5 Å². The number of carbonyl (C=O) groups is 1. The second-order valence-electron chi connectivity index (χ2n) is 4.61. The van der Waals surface area contributed by atoms with Crippen molar-refractivity contribution >= 4 is 5.91 Å². The van der Waals surface area contributed by atoms with Crippen molar-refractivity contribution in [3.8, 4) is 0 Å². The van der Waals surface area contributed by atoms with Gasteiger partial charge in [-0.3, -0.25) is 4.79 Å². The van der Waals surface area contributed by atoms with Gasteiger partial charge in [-0.1, -0.05) is 18.2 Å². The summed E-state index contributed by atoms with van der Waals surface area (Å²) < 4.78 is 4.93. The highest BCUT2D eigenvalue weighted by Crippen LogP contribution is 2.11. The molecule has 3 nitrogen and oxygen atoms in total. The van der Waals surface area contributed by atoms with Gasteiger partial charge in [0.2, 0.25) is 5.91 Å². The van der Waals surface area contributed by atoms with E-state index in [-0.39, 0.29) is 5.91 Å². The van der Waals surface area contributed by atoms with Crippen molar-refractivity contribution in [3.63, 3.8) is 0 Å². The summed E-state index contributed by atoms with van der Waals surface area (Å²) in [5.74, 6) is 0.115. The van der Waals surface area contributed by atoms with Gasteiger partial charge in [0.15, 0.2) is 0 Å². The molecule has 0 radical (unpaired) electrons. The van der Waals surface area contributed by atoms with E-state index in [2.05, 4.69) is 37.4 Å². The molecule has 18 heavy (non-hydrogen) atoms. The standard InChI is InChI=1S/C15H23NO2/c1-12-5-6-14(11-13(12)2)7-8-15(17)16-9-4-10-18-3/h5-6,11H,4,7-10H2,1-3H3,(H,16,17). The third-order valence-corrected chi connectivity index (χ3v) is 3.06. The Kier molecular flexibility index (Phi) is 6.44. The largest absolute Gasteiger partial charge is 0.385 e. The Balaban J connectivity index is 2.27. The number of carbonyl (C=O) groups excluding carboxylic acids is 1. The number of methoxy groups -OCH3 is 1. The highest BCUT2D eigenvalue weighted by atomic mass is 16.5. The first-order valence-electron chi connectivity index (χ1n) is 6.45. The second kappa shape index (κ2) is 7.88. The van der Waals surface area contributed by atoms with Gasteiger partial charge in [0, 0.05) is 26.7 Å². The van der Waals surface area contributed by atoms with Crippen LogP contribution in [0.15, 0.2) is 18.2 Å². The highest BCUT2D eigenvalue weighted by molar-refractivity contribution is 5.76. The van der Waals surface area contributed by atoms with E-state index < -0.39 is 0 Å². The molecule has 1 aromatic rings. The molecule has 0 bridgehead atoms. The summed E-state index contributed by atoms with van der Waals surface area (Å²) in [7, 11) is 1.67. The number of hydrogen-bond acceptors (Lipinski definition) is 2. The maximum atomic E-state index is 11.6. The third-order valence-electron chi connectivity index (χ3n) is 3.06. The number of aryl methyl sites for hydroxylation is 3. The molecular formula is C15H23NO2. The Morgan fingerprint density at radius 2 is 2.06 bits per heavy atom. The third kappa shape index (κ3) is 5.32. The van der Waals surface area contributed by atoms with Crippen molar-refractivity contribution in [3.05, 3.63) is 34.9 Å². The monoisotopic (exact) mass is 249 g/mol. The molecule has 0 saturated heterocycles. The van der Waals surface area contributed by atoms with Gasteiger partial charge in [-0.15, -0.1) is 0 Å². The lowest BCUT2D eigenvalue weighted by molar-refractivity contribution is -0.121. The molecule has 3 heteroatoms. The fourth-order valence-corrected chi connectivity index (χ4v) is 1.75. The van der Waals surface area contributed by atoms with E-state index in [0.717, 1.165) is 12.8 Å². The van der Waals surface area contributed by atoms with Crippen molar-refractivity contribution in [2.45, 2.75) is 33.1 Å². The number of amides is 1. The SMILES string of the molecule is COCCCNC(=O)CCc1ccc(C)c(C)c1. The second-order valence-corrected chi connectivity index (χ2v) is 4.61. The van der Waals surface area contributed by atoms with Crippen LogP contribution in [0.5, 0.6) is 0 Å². The van der Waals surface area contributed by atoms with Crippen molar-refractivity contribution in [1.29, 1.82) is 0 Å². The maximum absolute atomic E-state index is 11.6. The van der Waals surface area contributed by atoms with Crippen LogP contribution in [-0.2, 0) is 16.0 Å². The molecule has 0 spiro atoms. The van der Waals surface area contributed by atoms with E-state index >= 15 is 0 Å². The minimum absolute atomic E-state index is 0.115. The molecule has 0 fully saturated rings. The fraction of sp³-hybridized carbons (Fsp3) is 0.533. The average Bonchev–Trinajstić information content (AvgIpc) is 2.36. The average molecular weight is 249 g/mol. The summed E-state index contributed by atoms with van der Waals surface area (Å²) >= 11 is 0. The molecule has 0 atom stereocenters. The zero-order valence-electron chi connectivity index (χ0n) is 11.6. The molecule has 0 heterocycles. The van der Waals surface area contributed by atoms with Crippen LogP contribution >= 0.6 is 0 Å². The first kappa shape index (κ1) is 14.7. The lowest BCUT2D eigenvalue weighted by Gasteiger charge is -2.06. The molecule has 1 rings (SSSR count). The van der Waals surface area contributed by atoms with Gasteiger partial charge in [-0.05, 0) is 43.4 Å². The highest BCUT2D eigenvalue weighted by Gasteiger charge is 2.02. The van der Waals surface area contributed by atoms with Crippen molar-refractivity contribution < 1.29 is 9.53 Å². The summed E-state index contributed by atoms with van der Waals surface area (Å²) in [6.45, 7) is 5.59. The lowest BCUT2D eigenvalue weighted by atomic mass is 10.0. The molecular weight excluding hydrogens is 226 g/mol. The van der Waals surface area contributed by atoms with Gasteiger partial charge in [0.05, 0.1) is 0 Å². The van der Waals surface area contributed by atoms with Crippen LogP contribution in [0, 0.1) is 13.8 Å². The first-order chi connectivity index (χ1) is 8.63. The van der Waals surface area contributed by atoms with Gasteiger partial charge < -0.3 is 10.1 Å². The number of hydrogen-bond donors (Lipinski definition) is 1. The van der Waals surface area contributed by atoms with Crippen LogP contribution < -0.4 is 5.32 Å². The molecule has 1 amide bonds. The Bertz CT molecular complexity index is 388. The maximum Gasteiger partial charge on any atom is 0.220 e. The van der Waals surface area contributed by atoms with Crippen LogP contribution in [0.4, 0.5) is 0 Å². The summed E-state index contributed by atoms with van der Waals surface area (Å²) in [6, 6.07) is 6.37. The summed E-state index contributed by atoms with van der Waals surface area (Å²) in [6.07, 6.45) is 2.22. The van der Waals surface area contributed by atoms with Crippen LogP contribution in [-0.4, -0.2) is 26.2 Å². The molecule has 0 aliphatic carbocycles. The molecule has 0 aliphatic heterocycles. The number of nitrogens with one attached hydrogen (secondary N) is 1. The summed E-state index contributed by atoms with van der Waals surface area (Å²) in [5, 5.41) is 2.89. The minimum Gasteiger partial charge on any atom is -0.385 e. The van der Waals surface area contributed by atoms with E-state index in [1.54, 1.807) is 7.11 Å². The summed E-state index contributed by atoms with van der Waals surface area (Å²) in [5.41, 5.74) is 3.81. The van der Waals surface area contributed by atoms with E-state index in [1.165, 1.54) is 16.7 Å². The summed E-state index contributed by atoms with van der Waals surface area (Å²) in [4.78, 5) is 11.6. The predicted octanol–water partition coefficient (Wildman–Crippen LogP) is 2.39. The van der Waals surface area contributed by atoms with Gasteiger partial charge >= 0.3 is 0 Å². The van der Waals surface area contributed by atoms with E-state index in [9.17, 15) is 4.79 Å². The van der Waals surface area contributed by atoms with Crippen molar-refractivity contribution in [2.75, 3.05) is 20.3 Å². The van der Waals surface area contributed by atoms with Gasteiger partial charge in [-0.25, -0.2) is 0 Å². The zero-order valence-corrected chi connectivity index (χ0v) is 11.6. The zero-order chi connectivity index (χ0) is 13.4. The number of ether oxygens (including phenoxy) is 1.